The lowest BCUT2D eigenvalue weighted by molar-refractivity contribution is -0.132. The first-order valence-corrected chi connectivity index (χ1v) is 10.9. The molecule has 0 saturated carbocycles. The van der Waals surface area contributed by atoms with Crippen molar-refractivity contribution in [3.8, 4) is 11.5 Å². The van der Waals surface area contributed by atoms with Crippen LogP contribution < -0.4 is 14.4 Å². The number of nitrogens with zero attached hydrogens (tertiary/aromatic N) is 2. The van der Waals surface area contributed by atoms with Crippen LogP contribution in [0, 0.1) is 13.8 Å². The molecule has 1 saturated heterocycles. The van der Waals surface area contributed by atoms with Crippen molar-refractivity contribution < 1.29 is 24.2 Å². The Morgan fingerprint density at radius 1 is 1.00 bits per heavy atom. The van der Waals surface area contributed by atoms with Gasteiger partial charge in [0.25, 0.3) is 11.7 Å². The van der Waals surface area contributed by atoms with E-state index >= 15 is 0 Å². The number of rotatable bonds is 5. The highest BCUT2D eigenvalue weighted by Gasteiger charge is 2.47. The predicted octanol–water partition coefficient (Wildman–Crippen LogP) is 5.00. The summed E-state index contributed by atoms with van der Waals surface area (Å²) in [6, 6.07) is 11.1. The maximum atomic E-state index is 13.4. The molecule has 0 radical (unpaired) electrons. The van der Waals surface area contributed by atoms with Crippen LogP contribution in [0.2, 0.25) is 5.02 Å². The molecule has 4 rings (SSSR count). The van der Waals surface area contributed by atoms with E-state index in [2.05, 4.69) is 4.98 Å². The maximum Gasteiger partial charge on any atom is 0.300 e. The average Bonchev–Trinajstić information content (AvgIpc) is 3.09. The fraction of sp³-hybridized carbons (Fsp3) is 0.192. The number of aromatic nitrogens is 1. The highest BCUT2D eigenvalue weighted by molar-refractivity contribution is 6.51. The van der Waals surface area contributed by atoms with Crippen LogP contribution >= 0.6 is 11.6 Å². The Hall–Kier alpha value is -3.84. The minimum atomic E-state index is -0.879. The SMILES string of the molecule is COc1cc(/C(O)=C2\C(=O)C(=O)N(c3ccc(C)cc3C)C2c2ccncc2)c(OC)cc1Cl. The van der Waals surface area contributed by atoms with Gasteiger partial charge in [-0.2, -0.15) is 0 Å². The fourth-order valence-corrected chi connectivity index (χ4v) is 4.44. The van der Waals surface area contributed by atoms with Crippen molar-refractivity contribution in [2.45, 2.75) is 19.9 Å². The molecule has 3 aromatic rings. The monoisotopic (exact) mass is 478 g/mol. The highest BCUT2D eigenvalue weighted by Crippen LogP contribution is 2.45. The Morgan fingerprint density at radius 3 is 2.29 bits per heavy atom. The van der Waals surface area contributed by atoms with E-state index in [9.17, 15) is 14.7 Å². The topological polar surface area (TPSA) is 89.0 Å². The van der Waals surface area contributed by atoms with E-state index in [1.165, 1.54) is 31.3 Å². The van der Waals surface area contributed by atoms with Crippen molar-refractivity contribution in [1.82, 2.24) is 4.98 Å². The third-order valence-corrected chi connectivity index (χ3v) is 6.10. The molecule has 1 aliphatic heterocycles. The molecule has 8 heteroatoms. The van der Waals surface area contributed by atoms with Gasteiger partial charge in [-0.3, -0.25) is 19.5 Å². The van der Waals surface area contributed by atoms with Crippen LogP contribution in [0.3, 0.4) is 0 Å². The molecule has 0 spiro atoms. The molecule has 1 aliphatic rings. The summed E-state index contributed by atoms with van der Waals surface area (Å²) in [5, 5.41) is 11.7. The quantitative estimate of drug-likeness (QED) is 0.315. The highest BCUT2D eigenvalue weighted by atomic mass is 35.5. The van der Waals surface area contributed by atoms with Crippen molar-refractivity contribution >= 4 is 34.7 Å². The number of Topliss-reactive ketones (excluding diaryl/α,β-unsaturated/α-hetero) is 1. The van der Waals surface area contributed by atoms with E-state index in [1.54, 1.807) is 30.6 Å². The number of methoxy groups -OCH3 is 2. The maximum absolute atomic E-state index is 13.4. The van der Waals surface area contributed by atoms with Gasteiger partial charge in [0, 0.05) is 24.1 Å². The number of halogens is 1. The second-order valence-corrected chi connectivity index (χ2v) is 8.33. The van der Waals surface area contributed by atoms with Gasteiger partial charge in [-0.1, -0.05) is 29.3 Å². The van der Waals surface area contributed by atoms with Gasteiger partial charge >= 0.3 is 0 Å². The van der Waals surface area contributed by atoms with Gasteiger partial charge in [0.1, 0.15) is 17.3 Å². The van der Waals surface area contributed by atoms with Crippen LogP contribution in [0.5, 0.6) is 11.5 Å². The number of carbonyl (C=O) groups is 2. The zero-order valence-corrected chi connectivity index (χ0v) is 19.9. The molecule has 2 heterocycles. The largest absolute Gasteiger partial charge is 0.507 e. The number of ether oxygens (including phenoxy) is 2. The normalized spacial score (nSPS) is 17.2. The van der Waals surface area contributed by atoms with E-state index < -0.39 is 17.7 Å². The van der Waals surface area contributed by atoms with Crippen LogP contribution in [0.25, 0.3) is 5.76 Å². The van der Waals surface area contributed by atoms with Crippen molar-refractivity contribution in [1.29, 1.82) is 0 Å². The molecule has 34 heavy (non-hydrogen) atoms. The number of anilines is 1. The van der Waals surface area contributed by atoms with Gasteiger partial charge in [-0.25, -0.2) is 0 Å². The van der Waals surface area contributed by atoms with E-state index in [1.807, 2.05) is 26.0 Å². The molecular formula is C26H23ClN2O5. The Bertz CT molecular complexity index is 1320. The van der Waals surface area contributed by atoms with Crippen LogP contribution in [0.15, 0.2) is 60.4 Å². The van der Waals surface area contributed by atoms with Crippen molar-refractivity contribution in [2.24, 2.45) is 0 Å². The number of aliphatic hydroxyl groups excluding tert-OH is 1. The van der Waals surface area contributed by atoms with Crippen LogP contribution in [-0.2, 0) is 9.59 Å². The van der Waals surface area contributed by atoms with Crippen LogP contribution in [0.1, 0.15) is 28.3 Å². The summed E-state index contributed by atoms with van der Waals surface area (Å²) >= 11 is 6.22. The minimum Gasteiger partial charge on any atom is -0.507 e. The van der Waals surface area contributed by atoms with Gasteiger partial charge in [0.05, 0.1) is 36.4 Å². The lowest BCUT2D eigenvalue weighted by atomic mass is 9.95. The second kappa shape index (κ2) is 9.19. The number of hydrogen-bond donors (Lipinski definition) is 1. The number of benzene rings is 2. The third-order valence-electron chi connectivity index (χ3n) is 5.81. The molecule has 2 aromatic carbocycles. The summed E-state index contributed by atoms with van der Waals surface area (Å²) in [7, 11) is 2.86. The molecule has 1 N–H and O–H groups in total. The molecule has 1 atom stereocenters. The summed E-state index contributed by atoms with van der Waals surface area (Å²) in [5.41, 5.74) is 3.16. The predicted molar refractivity (Wildman–Crippen MR) is 129 cm³/mol. The zero-order chi connectivity index (χ0) is 24.6. The van der Waals surface area contributed by atoms with E-state index in [4.69, 9.17) is 21.1 Å². The standard InChI is InChI=1S/C26H23ClN2O5/c1-14-5-6-19(15(2)11-14)29-23(16-7-9-28-10-8-16)22(25(31)26(29)32)24(30)17-12-21(34-4)18(27)13-20(17)33-3/h5-13,23,30H,1-4H3/b24-22+. The van der Waals surface area contributed by atoms with Gasteiger partial charge in [0.15, 0.2) is 0 Å². The lowest BCUT2D eigenvalue weighted by Gasteiger charge is -2.27. The molecule has 7 nitrogen and oxygen atoms in total. The number of ketones is 1. The van der Waals surface area contributed by atoms with Crippen molar-refractivity contribution in [3.63, 3.8) is 0 Å². The average molecular weight is 479 g/mol. The molecule has 0 aliphatic carbocycles. The molecule has 1 aromatic heterocycles. The third kappa shape index (κ3) is 3.88. The summed E-state index contributed by atoms with van der Waals surface area (Å²) in [6.07, 6.45) is 3.15. The van der Waals surface area contributed by atoms with Crippen molar-refractivity contribution in [3.05, 3.63) is 87.7 Å². The van der Waals surface area contributed by atoms with E-state index in [0.717, 1.165) is 11.1 Å². The summed E-state index contributed by atoms with van der Waals surface area (Å²) in [6.45, 7) is 3.82. The van der Waals surface area contributed by atoms with Gasteiger partial charge in [0.2, 0.25) is 0 Å². The first-order chi connectivity index (χ1) is 16.3. The Labute approximate surface area is 202 Å². The first kappa shape index (κ1) is 23.3. The first-order valence-electron chi connectivity index (χ1n) is 10.5. The lowest BCUT2D eigenvalue weighted by Crippen LogP contribution is -2.30. The second-order valence-electron chi connectivity index (χ2n) is 7.93. The van der Waals surface area contributed by atoms with E-state index in [-0.39, 0.29) is 33.4 Å². The molecule has 1 unspecified atom stereocenters. The molecular weight excluding hydrogens is 456 g/mol. The zero-order valence-electron chi connectivity index (χ0n) is 19.1. The molecule has 174 valence electrons. The van der Waals surface area contributed by atoms with Crippen molar-refractivity contribution in [2.75, 3.05) is 19.1 Å². The van der Waals surface area contributed by atoms with Gasteiger partial charge < -0.3 is 14.6 Å². The number of aliphatic hydroxyl groups is 1. The Balaban J connectivity index is 2.01. The number of aryl methyl sites for hydroxylation is 2. The summed E-state index contributed by atoms with van der Waals surface area (Å²) in [5.74, 6) is -1.42. The number of amides is 1. The van der Waals surface area contributed by atoms with Crippen LogP contribution in [0.4, 0.5) is 5.69 Å². The number of hydrogen-bond acceptors (Lipinski definition) is 6. The fourth-order valence-electron chi connectivity index (χ4n) is 4.21. The molecule has 1 fully saturated rings. The van der Waals surface area contributed by atoms with Gasteiger partial charge in [-0.15, -0.1) is 0 Å². The van der Waals surface area contributed by atoms with Crippen LogP contribution in [-0.4, -0.2) is 36.0 Å². The number of carbonyl (C=O) groups excluding carboxylic acids is 2. The molecule has 1 amide bonds. The van der Waals surface area contributed by atoms with E-state index in [0.29, 0.717) is 11.3 Å². The smallest absolute Gasteiger partial charge is 0.300 e. The Kier molecular flexibility index (Phi) is 6.30. The number of pyridine rings is 1. The van der Waals surface area contributed by atoms with Gasteiger partial charge in [-0.05, 0) is 49.2 Å². The Morgan fingerprint density at radius 2 is 1.68 bits per heavy atom. The summed E-state index contributed by atoms with van der Waals surface area (Å²) in [4.78, 5) is 32.2. The minimum absolute atomic E-state index is 0.0705. The summed E-state index contributed by atoms with van der Waals surface area (Å²) < 4.78 is 10.7. The molecule has 0 bridgehead atoms.